The molecule has 0 aliphatic carbocycles. The van der Waals surface area contributed by atoms with Gasteiger partial charge in [-0.05, 0) is 35.4 Å². The minimum Gasteiger partial charge on any atom is -0.508 e. The van der Waals surface area contributed by atoms with Crippen LogP contribution in [0.25, 0.3) is 0 Å². The fourth-order valence-corrected chi connectivity index (χ4v) is 7.48. The van der Waals surface area contributed by atoms with E-state index in [1.165, 1.54) is 30.3 Å². The van der Waals surface area contributed by atoms with Crippen LogP contribution in [0.4, 0.5) is 0 Å². The molecule has 0 radical (unpaired) electrons. The van der Waals surface area contributed by atoms with Gasteiger partial charge >= 0.3 is 0 Å². The number of phenolic OH excluding ortho intramolecular Hbond substituents is 7. The fraction of sp³-hybridized carbons (Fsp3) is 0.368. The zero-order valence-corrected chi connectivity index (χ0v) is 28.6. The van der Waals surface area contributed by atoms with E-state index >= 15 is 0 Å². The van der Waals surface area contributed by atoms with Gasteiger partial charge in [0.15, 0.2) is 23.9 Å². The van der Waals surface area contributed by atoms with Crippen molar-refractivity contribution < 1.29 is 80.2 Å². The van der Waals surface area contributed by atoms with E-state index in [1.54, 1.807) is 19.1 Å². The standard InChI is InChI=1S/C38H40O16/c1-14(29-24(45)11-21(42)18-9-26(47)34(53-36(18)29)15-2-5-17(40)6-3-15)30-25(46)12-22(43)19-10-27(51-38-33(50)32(49)31(48)28(13-39)52-38)35(54-37(19)30)16-4-7-20(41)23(44)8-16/h2-8,11-12,14,26-28,31-35,38-50H,9-10,13H2,1H3/t14?,26?,27?,28-,31-,32+,33-,34?,35?,38-/m1/s1. The maximum atomic E-state index is 11.4. The van der Waals surface area contributed by atoms with Gasteiger partial charge in [-0.25, -0.2) is 0 Å². The third-order valence-corrected chi connectivity index (χ3v) is 10.3. The first-order valence-electron chi connectivity index (χ1n) is 17.1. The second kappa shape index (κ2) is 14.2. The summed E-state index contributed by atoms with van der Waals surface area (Å²) < 4.78 is 24.5. The molecular weight excluding hydrogens is 712 g/mol. The number of aliphatic hydroxyl groups excluding tert-OH is 5. The molecule has 12 N–H and O–H groups in total. The van der Waals surface area contributed by atoms with Crippen LogP contribution in [0.5, 0.6) is 51.7 Å². The van der Waals surface area contributed by atoms with Crippen molar-refractivity contribution in [1.82, 2.24) is 0 Å². The van der Waals surface area contributed by atoms with E-state index < -0.39 is 96.4 Å². The summed E-state index contributed by atoms with van der Waals surface area (Å²) in [5.74, 6) is -3.73. The molecular formula is C38H40O16. The molecule has 7 rings (SSSR count). The average Bonchev–Trinajstić information content (AvgIpc) is 3.13. The van der Waals surface area contributed by atoms with Gasteiger partial charge in [0.2, 0.25) is 0 Å². The largest absolute Gasteiger partial charge is 0.508 e. The van der Waals surface area contributed by atoms with Gasteiger partial charge in [-0.15, -0.1) is 0 Å². The van der Waals surface area contributed by atoms with Crippen molar-refractivity contribution in [3.63, 3.8) is 0 Å². The van der Waals surface area contributed by atoms with Gasteiger partial charge in [0.1, 0.15) is 76.9 Å². The number of benzene rings is 4. The Morgan fingerprint density at radius 2 is 1.20 bits per heavy atom. The summed E-state index contributed by atoms with van der Waals surface area (Å²) in [4.78, 5) is 0. The van der Waals surface area contributed by atoms with Gasteiger partial charge in [0, 0.05) is 53.1 Å². The number of hydrogen-bond donors (Lipinski definition) is 12. The third kappa shape index (κ3) is 6.41. The molecule has 1 saturated heterocycles. The maximum Gasteiger partial charge on any atom is 0.187 e. The Hall–Kier alpha value is -5.20. The quantitative estimate of drug-likeness (QED) is 0.120. The first-order chi connectivity index (χ1) is 25.7. The van der Waals surface area contributed by atoms with Crippen molar-refractivity contribution in [2.24, 2.45) is 0 Å². The number of ether oxygens (including phenoxy) is 4. The summed E-state index contributed by atoms with van der Waals surface area (Å²) in [6, 6.07) is 11.9. The van der Waals surface area contributed by atoms with Gasteiger partial charge in [-0.1, -0.05) is 25.1 Å². The second-order valence-electron chi connectivity index (χ2n) is 13.8. The van der Waals surface area contributed by atoms with E-state index in [4.69, 9.17) is 18.9 Å². The number of fused-ring (bicyclic) bond motifs is 2. The lowest BCUT2D eigenvalue weighted by atomic mass is 9.83. The molecule has 16 heteroatoms. The second-order valence-corrected chi connectivity index (χ2v) is 13.8. The molecule has 3 aliphatic rings. The van der Waals surface area contributed by atoms with Crippen LogP contribution in [0.2, 0.25) is 0 Å². The number of rotatable bonds is 7. The summed E-state index contributed by atoms with van der Waals surface area (Å²) in [7, 11) is 0. The molecule has 5 unspecified atom stereocenters. The van der Waals surface area contributed by atoms with Gasteiger partial charge in [0.25, 0.3) is 0 Å². The molecule has 0 spiro atoms. The fourth-order valence-electron chi connectivity index (χ4n) is 7.48. The van der Waals surface area contributed by atoms with Crippen molar-refractivity contribution in [1.29, 1.82) is 0 Å². The zero-order chi connectivity index (χ0) is 38.7. The van der Waals surface area contributed by atoms with Crippen LogP contribution in [0.3, 0.4) is 0 Å². The molecule has 0 aromatic heterocycles. The lowest BCUT2D eigenvalue weighted by Gasteiger charge is -2.43. The topological polar surface area (TPSA) is 280 Å². The van der Waals surface area contributed by atoms with Crippen LogP contribution in [0, 0.1) is 0 Å². The Morgan fingerprint density at radius 1 is 0.630 bits per heavy atom. The van der Waals surface area contributed by atoms with E-state index in [2.05, 4.69) is 0 Å². The highest BCUT2D eigenvalue weighted by Crippen LogP contribution is 2.55. The lowest BCUT2D eigenvalue weighted by molar-refractivity contribution is -0.317. The predicted octanol–water partition coefficient (Wildman–Crippen LogP) is 1.68. The molecule has 0 saturated carbocycles. The molecule has 0 amide bonds. The van der Waals surface area contributed by atoms with E-state index in [9.17, 15) is 61.3 Å². The number of hydrogen-bond acceptors (Lipinski definition) is 16. The molecule has 16 nitrogen and oxygen atoms in total. The van der Waals surface area contributed by atoms with Crippen LogP contribution in [0.1, 0.15) is 58.4 Å². The van der Waals surface area contributed by atoms with Gasteiger partial charge < -0.3 is 80.2 Å². The van der Waals surface area contributed by atoms with Crippen molar-refractivity contribution in [2.75, 3.05) is 6.61 Å². The van der Waals surface area contributed by atoms with Crippen LogP contribution in [0.15, 0.2) is 54.6 Å². The molecule has 288 valence electrons. The molecule has 10 atom stereocenters. The summed E-state index contributed by atoms with van der Waals surface area (Å²) in [6.45, 7) is 0.877. The summed E-state index contributed by atoms with van der Waals surface area (Å²) in [5, 5.41) is 127. The number of phenols is 7. The normalized spacial score (nSPS) is 28.3. The van der Waals surface area contributed by atoms with Crippen LogP contribution >= 0.6 is 0 Å². The van der Waals surface area contributed by atoms with Crippen molar-refractivity contribution in [2.45, 2.75) is 80.8 Å². The summed E-state index contributed by atoms with van der Waals surface area (Å²) >= 11 is 0. The SMILES string of the molecule is CC(c1c(O)cc(O)c2c1OC(c1ccc(O)cc1)C(O)C2)c1c(O)cc(O)c2c1OC(c1ccc(O)c(O)c1)C(O[C@@H]1O[C@H](CO)[C@@H](O)[C@H](O)[C@H]1O)C2. The Morgan fingerprint density at radius 3 is 1.80 bits per heavy atom. The van der Waals surface area contributed by atoms with Gasteiger partial charge in [-0.3, -0.25) is 0 Å². The lowest BCUT2D eigenvalue weighted by Crippen LogP contribution is -2.60. The van der Waals surface area contributed by atoms with Crippen molar-refractivity contribution >= 4 is 0 Å². The van der Waals surface area contributed by atoms with E-state index in [0.29, 0.717) is 5.56 Å². The summed E-state index contributed by atoms with van der Waals surface area (Å²) in [6.07, 6.45) is -13.0. The molecule has 1 fully saturated rings. The molecule has 0 bridgehead atoms. The molecule has 54 heavy (non-hydrogen) atoms. The highest BCUT2D eigenvalue weighted by atomic mass is 16.7. The van der Waals surface area contributed by atoms with Crippen LogP contribution < -0.4 is 9.47 Å². The van der Waals surface area contributed by atoms with E-state index in [1.807, 2.05) is 0 Å². The van der Waals surface area contributed by atoms with Gasteiger partial charge in [0.05, 0.1) is 12.7 Å². The van der Waals surface area contributed by atoms with E-state index in [-0.39, 0.29) is 63.7 Å². The molecule has 3 heterocycles. The smallest absolute Gasteiger partial charge is 0.187 e. The van der Waals surface area contributed by atoms with Crippen LogP contribution in [-0.4, -0.2) is 111 Å². The molecule has 4 aromatic rings. The first kappa shape index (κ1) is 37.1. The highest BCUT2D eigenvalue weighted by Gasteiger charge is 2.47. The van der Waals surface area contributed by atoms with Crippen LogP contribution in [-0.2, 0) is 22.3 Å². The first-order valence-corrected chi connectivity index (χ1v) is 17.1. The van der Waals surface area contributed by atoms with Crippen molar-refractivity contribution in [3.05, 3.63) is 88.0 Å². The molecule has 4 aromatic carbocycles. The Labute approximate surface area is 307 Å². The highest BCUT2D eigenvalue weighted by molar-refractivity contribution is 5.66. The monoisotopic (exact) mass is 752 g/mol. The Bertz CT molecular complexity index is 2030. The minimum absolute atomic E-state index is 0.0109. The maximum absolute atomic E-state index is 11.4. The Kier molecular flexibility index (Phi) is 9.78. The number of aromatic hydroxyl groups is 7. The zero-order valence-electron chi connectivity index (χ0n) is 28.6. The van der Waals surface area contributed by atoms with Gasteiger partial charge in [-0.2, -0.15) is 0 Å². The average molecular weight is 753 g/mol. The summed E-state index contributed by atoms with van der Waals surface area (Å²) in [5.41, 5.74) is 1.10. The van der Waals surface area contributed by atoms with Crippen molar-refractivity contribution in [3.8, 4) is 51.7 Å². The van der Waals surface area contributed by atoms with E-state index in [0.717, 1.165) is 12.1 Å². The molecule has 3 aliphatic heterocycles. The third-order valence-electron chi connectivity index (χ3n) is 10.3. The number of aliphatic hydroxyl groups is 5. The predicted molar refractivity (Wildman–Crippen MR) is 184 cm³/mol. The Balaban J connectivity index is 1.32. The minimum atomic E-state index is -1.80.